The van der Waals surface area contributed by atoms with Crippen LogP contribution >= 0.6 is 0 Å². The zero-order valence-electron chi connectivity index (χ0n) is 18.5. The van der Waals surface area contributed by atoms with Crippen molar-refractivity contribution in [2.45, 2.75) is 36.6 Å². The van der Waals surface area contributed by atoms with Crippen LogP contribution in [0.1, 0.15) is 47.8 Å². The van der Waals surface area contributed by atoms with Gasteiger partial charge in [-0.3, -0.25) is 9.10 Å². The zero-order valence-corrected chi connectivity index (χ0v) is 19.3. The molecular formula is C25H29N3O3S. The first kappa shape index (κ1) is 22.1. The molecule has 1 aromatic heterocycles. The third-order valence-corrected chi connectivity index (χ3v) is 8.02. The van der Waals surface area contributed by atoms with E-state index in [1.165, 1.54) is 23.5 Å². The predicted molar refractivity (Wildman–Crippen MR) is 126 cm³/mol. The Labute approximate surface area is 190 Å². The normalized spacial score (nSPS) is 17.1. The molecule has 1 unspecified atom stereocenters. The molecule has 1 saturated heterocycles. The second kappa shape index (κ2) is 9.20. The van der Waals surface area contributed by atoms with E-state index in [2.05, 4.69) is 10.6 Å². The highest BCUT2D eigenvalue weighted by Gasteiger charge is 2.29. The Hall–Kier alpha value is -3.06. The summed E-state index contributed by atoms with van der Waals surface area (Å²) < 4.78 is 29.4. The molecule has 0 bridgehead atoms. The Morgan fingerprint density at radius 1 is 0.938 bits per heavy atom. The number of hydrogen-bond acceptors (Lipinski definition) is 3. The molecule has 4 rings (SSSR count). The first-order valence-corrected chi connectivity index (χ1v) is 12.4. The van der Waals surface area contributed by atoms with Gasteiger partial charge in [0.15, 0.2) is 0 Å². The lowest BCUT2D eigenvalue weighted by Gasteiger charge is -2.31. The van der Waals surface area contributed by atoms with Crippen LogP contribution in [0, 0.1) is 0 Å². The van der Waals surface area contributed by atoms with Crippen molar-refractivity contribution >= 4 is 21.6 Å². The van der Waals surface area contributed by atoms with Gasteiger partial charge >= 0.3 is 0 Å². The zero-order chi connectivity index (χ0) is 22.7. The van der Waals surface area contributed by atoms with E-state index in [-0.39, 0.29) is 16.8 Å². The topological polar surface area (TPSA) is 62.6 Å². The van der Waals surface area contributed by atoms with E-state index in [9.17, 15) is 13.2 Å². The Morgan fingerprint density at radius 2 is 1.66 bits per heavy atom. The Balaban J connectivity index is 1.59. The largest absolute Gasteiger partial charge is 0.353 e. The van der Waals surface area contributed by atoms with Crippen LogP contribution in [-0.4, -0.2) is 37.4 Å². The molecule has 168 valence electrons. The summed E-state index contributed by atoms with van der Waals surface area (Å²) in [6, 6.07) is 19.3. The molecule has 1 aliphatic heterocycles. The molecule has 1 fully saturated rings. The highest BCUT2D eigenvalue weighted by molar-refractivity contribution is 7.92. The second-order valence-corrected chi connectivity index (χ2v) is 10.2. The molecule has 3 aromatic rings. The van der Waals surface area contributed by atoms with Crippen molar-refractivity contribution in [3.63, 3.8) is 0 Å². The number of sulfonamides is 1. The predicted octanol–water partition coefficient (Wildman–Crippen LogP) is 4.61. The lowest BCUT2D eigenvalue weighted by Crippen LogP contribution is -2.35. The molecule has 1 aliphatic rings. The first-order valence-electron chi connectivity index (χ1n) is 11.0. The Morgan fingerprint density at radius 3 is 2.31 bits per heavy atom. The van der Waals surface area contributed by atoms with E-state index in [1.54, 1.807) is 36.4 Å². The van der Waals surface area contributed by atoms with Crippen LogP contribution < -0.4 is 4.31 Å². The van der Waals surface area contributed by atoms with Crippen LogP contribution in [0.3, 0.4) is 0 Å². The van der Waals surface area contributed by atoms with Crippen molar-refractivity contribution in [3.05, 3.63) is 84.2 Å². The van der Waals surface area contributed by atoms with Gasteiger partial charge in [0.2, 0.25) is 0 Å². The quantitative estimate of drug-likeness (QED) is 0.569. The highest BCUT2D eigenvalue weighted by atomic mass is 32.2. The molecule has 1 atom stereocenters. The summed E-state index contributed by atoms with van der Waals surface area (Å²) in [5, 5.41) is 0. The summed E-state index contributed by atoms with van der Waals surface area (Å²) >= 11 is 0. The van der Waals surface area contributed by atoms with Gasteiger partial charge < -0.3 is 9.47 Å². The number of para-hydroxylation sites is 1. The van der Waals surface area contributed by atoms with Crippen molar-refractivity contribution in [1.29, 1.82) is 0 Å². The molecule has 2 heterocycles. The van der Waals surface area contributed by atoms with Crippen LogP contribution in [-0.2, 0) is 17.1 Å². The number of aromatic nitrogens is 1. The number of rotatable bonds is 5. The number of aryl methyl sites for hydroxylation is 1. The number of benzene rings is 2. The fraction of sp³-hybridized carbons (Fsp3) is 0.320. The van der Waals surface area contributed by atoms with Crippen LogP contribution in [0.25, 0.3) is 0 Å². The fourth-order valence-corrected chi connectivity index (χ4v) is 5.55. The van der Waals surface area contributed by atoms with Gasteiger partial charge in [0.25, 0.3) is 15.9 Å². The minimum absolute atomic E-state index is 0.0256. The molecule has 6 nitrogen and oxygen atoms in total. The number of nitrogens with zero attached hydrogens (tertiary/aromatic N) is 3. The van der Waals surface area contributed by atoms with Gasteiger partial charge in [0.1, 0.15) is 0 Å². The molecule has 2 aromatic carbocycles. The molecule has 7 heteroatoms. The molecule has 32 heavy (non-hydrogen) atoms. The van der Waals surface area contributed by atoms with E-state index in [1.807, 2.05) is 30.3 Å². The summed E-state index contributed by atoms with van der Waals surface area (Å²) in [6.45, 7) is 0.700. The average Bonchev–Trinajstić information content (AvgIpc) is 3.09. The Bertz CT molecular complexity index is 1170. The minimum Gasteiger partial charge on any atom is -0.353 e. The number of hydrogen-bond donors (Lipinski definition) is 0. The van der Waals surface area contributed by atoms with Crippen LogP contribution in [0.5, 0.6) is 0 Å². The average molecular weight is 452 g/mol. The highest BCUT2D eigenvalue weighted by Crippen LogP contribution is 2.32. The standard InChI is InChI=1S/C25H29N3O3S/c1-26-18-9-13-23(26)24-12-7-4-8-19-28(24)25(29)20-14-16-22(17-15-20)32(30,31)27(2)21-10-5-3-6-11-21/h3,5-6,9-11,13-18,24H,4,7-8,12,19H2,1-2H3. The molecule has 1 amide bonds. The van der Waals surface area contributed by atoms with Crippen LogP contribution in [0.4, 0.5) is 5.69 Å². The third kappa shape index (κ3) is 4.30. The lowest BCUT2D eigenvalue weighted by molar-refractivity contribution is 0.0674. The van der Waals surface area contributed by atoms with Gasteiger partial charge in [-0.15, -0.1) is 0 Å². The Kier molecular flexibility index (Phi) is 6.37. The first-order chi connectivity index (χ1) is 15.4. The molecule has 0 aliphatic carbocycles. The van der Waals surface area contributed by atoms with Gasteiger partial charge in [-0.05, 0) is 61.4 Å². The third-order valence-electron chi connectivity index (χ3n) is 6.22. The number of carbonyl (C=O) groups excluding carboxylic acids is 1. The van der Waals surface area contributed by atoms with Crippen molar-refractivity contribution in [2.75, 3.05) is 17.9 Å². The number of amides is 1. The van der Waals surface area contributed by atoms with E-state index in [4.69, 9.17) is 0 Å². The summed E-state index contributed by atoms with van der Waals surface area (Å²) in [5.74, 6) is -0.0570. The second-order valence-electron chi connectivity index (χ2n) is 8.24. The number of likely N-dealkylation sites (tertiary alicyclic amines) is 1. The van der Waals surface area contributed by atoms with Crippen molar-refractivity contribution in [3.8, 4) is 0 Å². The van der Waals surface area contributed by atoms with Crippen molar-refractivity contribution in [1.82, 2.24) is 9.47 Å². The van der Waals surface area contributed by atoms with Gasteiger partial charge in [-0.1, -0.05) is 31.0 Å². The van der Waals surface area contributed by atoms with Gasteiger partial charge in [0.05, 0.1) is 16.6 Å². The molecular weight excluding hydrogens is 422 g/mol. The number of carbonyl (C=O) groups is 1. The SMILES string of the molecule is CN(c1ccccc1)S(=O)(=O)c1ccc(C(=O)N2CCCCCC2c2cccn2C)cc1. The maximum atomic E-state index is 13.4. The summed E-state index contributed by atoms with van der Waals surface area (Å²) in [4.78, 5) is 15.6. The van der Waals surface area contributed by atoms with E-state index in [0.29, 0.717) is 17.8 Å². The molecule has 0 saturated carbocycles. The van der Waals surface area contributed by atoms with E-state index in [0.717, 1.165) is 31.4 Å². The van der Waals surface area contributed by atoms with Crippen LogP contribution in [0.15, 0.2) is 77.8 Å². The summed E-state index contributed by atoms with van der Waals surface area (Å²) in [5.41, 5.74) is 2.22. The maximum Gasteiger partial charge on any atom is 0.264 e. The van der Waals surface area contributed by atoms with Gasteiger partial charge in [0, 0.05) is 38.1 Å². The number of anilines is 1. The minimum atomic E-state index is -3.71. The lowest BCUT2D eigenvalue weighted by atomic mass is 10.1. The molecule has 0 N–H and O–H groups in total. The van der Waals surface area contributed by atoms with Gasteiger partial charge in [-0.2, -0.15) is 0 Å². The monoisotopic (exact) mass is 451 g/mol. The maximum absolute atomic E-state index is 13.4. The van der Waals surface area contributed by atoms with E-state index >= 15 is 0 Å². The smallest absolute Gasteiger partial charge is 0.264 e. The van der Waals surface area contributed by atoms with Gasteiger partial charge in [-0.25, -0.2) is 8.42 Å². The van der Waals surface area contributed by atoms with E-state index < -0.39 is 10.0 Å². The van der Waals surface area contributed by atoms with Crippen molar-refractivity contribution in [2.24, 2.45) is 7.05 Å². The van der Waals surface area contributed by atoms with Crippen molar-refractivity contribution < 1.29 is 13.2 Å². The summed E-state index contributed by atoms with van der Waals surface area (Å²) in [6.07, 6.45) is 6.10. The fourth-order valence-electron chi connectivity index (χ4n) is 4.35. The van der Waals surface area contributed by atoms with Crippen LogP contribution in [0.2, 0.25) is 0 Å². The molecule has 0 radical (unpaired) electrons. The summed E-state index contributed by atoms with van der Waals surface area (Å²) in [7, 11) is -0.173. The molecule has 0 spiro atoms.